The van der Waals surface area contributed by atoms with Crippen molar-refractivity contribution in [3.8, 4) is 6.07 Å². The zero-order valence-corrected chi connectivity index (χ0v) is 7.17. The predicted molar refractivity (Wildman–Crippen MR) is 44.9 cm³/mol. The van der Waals surface area contributed by atoms with Crippen molar-refractivity contribution in [3.63, 3.8) is 0 Å². The largest absolute Gasteiger partial charge is 0.462 e. The molecule has 1 unspecified atom stereocenters. The first-order valence-electron chi connectivity index (χ1n) is 3.67. The number of rotatable bonds is 4. The van der Waals surface area contributed by atoms with Crippen LogP contribution in [-0.2, 0) is 9.53 Å². The van der Waals surface area contributed by atoms with Crippen LogP contribution in [0.3, 0.4) is 0 Å². The van der Waals surface area contributed by atoms with Crippen molar-refractivity contribution >= 4 is 5.97 Å². The average molecular weight is 166 g/mol. The Hall–Kier alpha value is -1.30. The summed E-state index contributed by atoms with van der Waals surface area (Å²) in [5, 5.41) is 8.25. The Morgan fingerprint density at radius 2 is 2.33 bits per heavy atom. The maximum Gasteiger partial charge on any atom is 0.348 e. The Morgan fingerprint density at radius 3 is 2.75 bits per heavy atom. The lowest BCUT2D eigenvalue weighted by atomic mass is 10.1. The Balaban J connectivity index is 3.60. The Bertz CT molecular complexity index is 213. The molecule has 0 fully saturated rings. The Kier molecular flexibility index (Phi) is 4.78. The molecule has 0 saturated carbocycles. The molecule has 0 spiro atoms. The smallest absolute Gasteiger partial charge is 0.348 e. The summed E-state index contributed by atoms with van der Waals surface area (Å²) >= 11 is 0. The summed E-state index contributed by atoms with van der Waals surface area (Å²) in [6.45, 7) is 9.16. The molecule has 0 N–H and O–H groups in total. The van der Waals surface area contributed by atoms with Crippen LogP contribution >= 0.6 is 0 Å². The van der Waals surface area contributed by atoms with E-state index in [1.165, 1.54) is 0 Å². The third-order valence-corrected chi connectivity index (χ3v) is 1.23. The van der Waals surface area contributed by atoms with E-state index in [2.05, 4.69) is 13.5 Å². The van der Waals surface area contributed by atoms with Gasteiger partial charge in [-0.25, -0.2) is 4.79 Å². The highest BCUT2D eigenvalue weighted by Gasteiger charge is 2.06. The average Bonchev–Trinajstić information content (AvgIpc) is 2.02. The predicted octanol–water partition coefficient (Wildman–Crippen LogP) is 1.47. The van der Waals surface area contributed by atoms with Crippen molar-refractivity contribution < 1.29 is 9.53 Å². The van der Waals surface area contributed by atoms with Gasteiger partial charge in [0.05, 0.1) is 6.61 Å². The molecule has 1 radical (unpaired) electrons. The van der Waals surface area contributed by atoms with Crippen LogP contribution in [0, 0.1) is 24.2 Å². The summed E-state index contributed by atoms with van der Waals surface area (Å²) < 4.78 is 4.70. The van der Waals surface area contributed by atoms with Crippen molar-refractivity contribution in [2.45, 2.75) is 13.3 Å². The topological polar surface area (TPSA) is 50.1 Å². The minimum atomic E-state index is -0.641. The van der Waals surface area contributed by atoms with E-state index in [1.807, 2.05) is 6.92 Å². The molecule has 0 aromatic carbocycles. The highest BCUT2D eigenvalue weighted by Crippen LogP contribution is 2.00. The first-order chi connectivity index (χ1) is 5.57. The number of hydrogen-bond acceptors (Lipinski definition) is 3. The number of nitriles is 1. The summed E-state index contributed by atoms with van der Waals surface area (Å²) in [7, 11) is 0. The second kappa shape index (κ2) is 5.36. The summed E-state index contributed by atoms with van der Waals surface area (Å²) in [5.74, 6) is -0.397. The quantitative estimate of drug-likeness (QED) is 0.361. The van der Waals surface area contributed by atoms with Crippen molar-refractivity contribution in [1.29, 1.82) is 5.26 Å². The van der Waals surface area contributed by atoms with Gasteiger partial charge in [0.2, 0.25) is 0 Å². The van der Waals surface area contributed by atoms with Crippen LogP contribution in [0.5, 0.6) is 0 Å². The molecule has 0 aliphatic heterocycles. The first-order valence-corrected chi connectivity index (χ1v) is 3.67. The molecule has 0 bridgehead atoms. The van der Waals surface area contributed by atoms with E-state index in [-0.39, 0.29) is 11.5 Å². The number of ether oxygens (including phenoxy) is 1. The van der Waals surface area contributed by atoms with Gasteiger partial charge in [0.1, 0.15) is 11.6 Å². The fourth-order valence-electron chi connectivity index (χ4n) is 0.486. The lowest BCUT2D eigenvalue weighted by Gasteiger charge is -2.04. The van der Waals surface area contributed by atoms with Crippen LogP contribution in [0.2, 0.25) is 0 Å². The van der Waals surface area contributed by atoms with Crippen molar-refractivity contribution in [2.75, 3.05) is 6.61 Å². The van der Waals surface area contributed by atoms with E-state index in [0.717, 1.165) is 0 Å². The standard InChI is InChI=1S/C9H12NO2/c1-7(2)4-5-12-9(11)8(3)6-10/h7H,1,3-5H2,2H3. The van der Waals surface area contributed by atoms with Gasteiger partial charge >= 0.3 is 5.97 Å². The van der Waals surface area contributed by atoms with Crippen LogP contribution in [0.25, 0.3) is 0 Å². The molecule has 0 aromatic heterocycles. The van der Waals surface area contributed by atoms with Gasteiger partial charge in [-0.2, -0.15) is 5.26 Å². The molecule has 0 saturated heterocycles. The molecule has 1 atom stereocenters. The van der Waals surface area contributed by atoms with Gasteiger partial charge in [0.15, 0.2) is 0 Å². The maximum atomic E-state index is 10.8. The number of nitrogens with zero attached hydrogens (tertiary/aromatic N) is 1. The molecular weight excluding hydrogens is 154 g/mol. The highest BCUT2D eigenvalue weighted by molar-refractivity contribution is 5.91. The van der Waals surface area contributed by atoms with Gasteiger partial charge in [-0.15, -0.1) is 0 Å². The molecule has 12 heavy (non-hydrogen) atoms. The number of carbonyl (C=O) groups excluding carboxylic acids is 1. The Morgan fingerprint density at radius 1 is 1.75 bits per heavy atom. The van der Waals surface area contributed by atoms with E-state index >= 15 is 0 Å². The maximum absolute atomic E-state index is 10.8. The number of esters is 1. The monoisotopic (exact) mass is 166 g/mol. The van der Waals surface area contributed by atoms with Gasteiger partial charge in [0.25, 0.3) is 0 Å². The number of hydrogen-bond donors (Lipinski definition) is 0. The Labute approximate surface area is 72.6 Å². The molecule has 3 heteroatoms. The molecule has 0 aromatic rings. The molecule has 0 aliphatic rings. The summed E-state index contributed by atoms with van der Waals surface area (Å²) in [5.41, 5.74) is -0.160. The second-order valence-corrected chi connectivity index (χ2v) is 2.62. The van der Waals surface area contributed by atoms with Crippen molar-refractivity contribution in [2.24, 2.45) is 5.92 Å². The summed E-state index contributed by atoms with van der Waals surface area (Å²) in [4.78, 5) is 10.8. The number of carbonyl (C=O) groups is 1. The van der Waals surface area contributed by atoms with E-state index in [4.69, 9.17) is 10.00 Å². The highest BCUT2D eigenvalue weighted by atomic mass is 16.5. The minimum Gasteiger partial charge on any atom is -0.462 e. The van der Waals surface area contributed by atoms with E-state index in [1.54, 1.807) is 6.07 Å². The van der Waals surface area contributed by atoms with Crippen LogP contribution in [0.4, 0.5) is 0 Å². The zero-order valence-electron chi connectivity index (χ0n) is 7.17. The van der Waals surface area contributed by atoms with E-state index in [9.17, 15) is 4.79 Å². The minimum absolute atomic E-state index is 0.160. The van der Waals surface area contributed by atoms with Crippen LogP contribution < -0.4 is 0 Å². The lowest BCUT2D eigenvalue weighted by Crippen LogP contribution is -2.08. The van der Waals surface area contributed by atoms with E-state index < -0.39 is 5.97 Å². The molecule has 65 valence electrons. The molecule has 0 aliphatic carbocycles. The first kappa shape index (κ1) is 10.7. The fourth-order valence-corrected chi connectivity index (χ4v) is 0.486. The molecule has 0 amide bonds. The molecular formula is C9H12NO2. The van der Waals surface area contributed by atoms with Gasteiger partial charge < -0.3 is 4.74 Å². The SMILES string of the molecule is [CH2]C(C)CCOC(=O)C(=C)C#N. The van der Waals surface area contributed by atoms with Crippen LogP contribution in [-0.4, -0.2) is 12.6 Å². The van der Waals surface area contributed by atoms with E-state index in [0.29, 0.717) is 13.0 Å². The summed E-state index contributed by atoms with van der Waals surface area (Å²) in [6.07, 6.45) is 0.699. The fraction of sp³-hybridized carbons (Fsp3) is 0.444. The van der Waals surface area contributed by atoms with Gasteiger partial charge in [-0.3, -0.25) is 0 Å². The van der Waals surface area contributed by atoms with Gasteiger partial charge in [-0.05, 0) is 12.3 Å². The van der Waals surface area contributed by atoms with Crippen LogP contribution in [0.15, 0.2) is 12.2 Å². The second-order valence-electron chi connectivity index (χ2n) is 2.62. The van der Waals surface area contributed by atoms with Crippen molar-refractivity contribution in [1.82, 2.24) is 0 Å². The lowest BCUT2D eigenvalue weighted by molar-refractivity contribution is -0.138. The third-order valence-electron chi connectivity index (χ3n) is 1.23. The van der Waals surface area contributed by atoms with Gasteiger partial charge in [0, 0.05) is 0 Å². The van der Waals surface area contributed by atoms with Crippen molar-refractivity contribution in [3.05, 3.63) is 19.1 Å². The third kappa shape index (κ3) is 4.51. The molecule has 0 heterocycles. The summed E-state index contributed by atoms with van der Waals surface area (Å²) in [6, 6.07) is 1.62. The zero-order chi connectivity index (χ0) is 9.56. The van der Waals surface area contributed by atoms with Gasteiger partial charge in [-0.1, -0.05) is 20.4 Å². The molecule has 3 nitrogen and oxygen atoms in total. The molecule has 0 rings (SSSR count). The van der Waals surface area contributed by atoms with Crippen LogP contribution in [0.1, 0.15) is 13.3 Å². The normalized spacial score (nSPS) is 9.17.